The van der Waals surface area contributed by atoms with E-state index in [0.717, 1.165) is 5.75 Å². The summed E-state index contributed by atoms with van der Waals surface area (Å²) in [6.45, 7) is 0. The minimum absolute atomic E-state index is 0.200. The van der Waals surface area contributed by atoms with Gasteiger partial charge in [0.25, 0.3) is 0 Å². The lowest BCUT2D eigenvalue weighted by atomic mass is 10.1. The zero-order valence-corrected chi connectivity index (χ0v) is 7.93. The molecule has 0 saturated heterocycles. The van der Waals surface area contributed by atoms with Gasteiger partial charge in [-0.1, -0.05) is 0 Å². The van der Waals surface area contributed by atoms with E-state index in [1.165, 1.54) is 18.4 Å². The molecule has 0 spiro atoms. The molecule has 1 heterocycles. The highest BCUT2D eigenvalue weighted by molar-refractivity contribution is 7.08. The number of hydrogen-bond acceptors (Lipinski definition) is 3. The normalized spacial score (nSPS) is 19.2. The fraction of sp³-hybridized carbons (Fsp3) is 0.556. The second-order valence-corrected chi connectivity index (χ2v) is 4.00. The summed E-state index contributed by atoms with van der Waals surface area (Å²) in [5.74, 6) is 1.66. The van der Waals surface area contributed by atoms with Gasteiger partial charge in [0.15, 0.2) is 0 Å². The van der Waals surface area contributed by atoms with Crippen molar-refractivity contribution in [2.24, 2.45) is 11.7 Å². The third-order valence-corrected chi connectivity index (χ3v) is 3.10. The van der Waals surface area contributed by atoms with Gasteiger partial charge < -0.3 is 10.5 Å². The summed E-state index contributed by atoms with van der Waals surface area (Å²) in [5.41, 5.74) is 7.23. The minimum atomic E-state index is 0.200. The highest BCUT2D eigenvalue weighted by Gasteiger charge is 2.31. The molecule has 66 valence electrons. The molecule has 0 radical (unpaired) electrons. The molecule has 2 N–H and O–H groups in total. The van der Waals surface area contributed by atoms with Crippen LogP contribution in [-0.2, 0) is 0 Å². The van der Waals surface area contributed by atoms with Gasteiger partial charge in [-0.25, -0.2) is 0 Å². The predicted octanol–water partition coefficient (Wildman–Crippen LogP) is 2.17. The first-order chi connectivity index (χ1) is 5.83. The van der Waals surface area contributed by atoms with Crippen LogP contribution >= 0.6 is 11.3 Å². The number of nitrogens with two attached hydrogens (primary N) is 1. The Morgan fingerprint density at radius 1 is 1.58 bits per heavy atom. The van der Waals surface area contributed by atoms with Crippen molar-refractivity contribution in [3.63, 3.8) is 0 Å². The van der Waals surface area contributed by atoms with Crippen LogP contribution in [0, 0.1) is 5.92 Å². The van der Waals surface area contributed by atoms with Crippen LogP contribution in [0.3, 0.4) is 0 Å². The molecular formula is C9H13NOS. The van der Waals surface area contributed by atoms with Gasteiger partial charge >= 0.3 is 0 Å². The van der Waals surface area contributed by atoms with Gasteiger partial charge in [-0.15, -0.1) is 11.3 Å². The molecular weight excluding hydrogens is 170 g/mol. The van der Waals surface area contributed by atoms with Crippen LogP contribution in [0.2, 0.25) is 0 Å². The molecule has 2 rings (SSSR count). The predicted molar refractivity (Wildman–Crippen MR) is 50.5 cm³/mol. The molecule has 0 aliphatic heterocycles. The first-order valence-corrected chi connectivity index (χ1v) is 5.13. The van der Waals surface area contributed by atoms with Crippen LogP contribution in [-0.4, -0.2) is 7.11 Å². The zero-order valence-electron chi connectivity index (χ0n) is 7.12. The van der Waals surface area contributed by atoms with E-state index in [4.69, 9.17) is 10.5 Å². The quantitative estimate of drug-likeness (QED) is 0.779. The van der Waals surface area contributed by atoms with Crippen LogP contribution in [0.25, 0.3) is 0 Å². The Morgan fingerprint density at radius 3 is 2.92 bits per heavy atom. The number of thiophene rings is 1. The van der Waals surface area contributed by atoms with E-state index < -0.39 is 0 Å². The summed E-state index contributed by atoms with van der Waals surface area (Å²) in [4.78, 5) is 0. The second-order valence-electron chi connectivity index (χ2n) is 3.26. The van der Waals surface area contributed by atoms with Gasteiger partial charge in [0.05, 0.1) is 7.11 Å². The van der Waals surface area contributed by atoms with Crippen LogP contribution in [0.15, 0.2) is 10.8 Å². The standard InChI is InChI=1S/C9H13NOS/c1-11-8-5-12-4-7(8)9(10)6-2-3-6/h4-6,9H,2-3,10H2,1H3. The van der Waals surface area contributed by atoms with E-state index in [1.807, 2.05) is 5.38 Å². The SMILES string of the molecule is COc1cscc1C(N)C1CC1. The van der Waals surface area contributed by atoms with Crippen molar-refractivity contribution < 1.29 is 4.74 Å². The summed E-state index contributed by atoms with van der Waals surface area (Å²) < 4.78 is 5.21. The Balaban J connectivity index is 2.19. The lowest BCUT2D eigenvalue weighted by Gasteiger charge is -2.10. The molecule has 1 aliphatic carbocycles. The molecule has 2 nitrogen and oxygen atoms in total. The molecule has 1 aromatic rings. The first kappa shape index (κ1) is 8.08. The third kappa shape index (κ3) is 1.34. The van der Waals surface area contributed by atoms with Crippen molar-refractivity contribution in [3.05, 3.63) is 16.3 Å². The smallest absolute Gasteiger partial charge is 0.134 e. The molecule has 0 amide bonds. The van der Waals surface area contributed by atoms with E-state index in [-0.39, 0.29) is 6.04 Å². The molecule has 12 heavy (non-hydrogen) atoms. The van der Waals surface area contributed by atoms with E-state index in [2.05, 4.69) is 5.38 Å². The lowest BCUT2D eigenvalue weighted by molar-refractivity contribution is 0.405. The maximum absolute atomic E-state index is 6.05. The number of ether oxygens (including phenoxy) is 1. The molecule has 1 fully saturated rings. The Bertz CT molecular complexity index is 267. The van der Waals surface area contributed by atoms with Crippen molar-refractivity contribution in [3.8, 4) is 5.75 Å². The van der Waals surface area contributed by atoms with Crippen molar-refractivity contribution in [2.75, 3.05) is 7.11 Å². The van der Waals surface area contributed by atoms with Crippen LogP contribution < -0.4 is 10.5 Å². The Kier molecular flexibility index (Phi) is 2.07. The highest BCUT2D eigenvalue weighted by atomic mass is 32.1. The average molecular weight is 183 g/mol. The van der Waals surface area contributed by atoms with E-state index in [0.29, 0.717) is 5.92 Å². The number of rotatable bonds is 3. The largest absolute Gasteiger partial charge is 0.496 e. The first-order valence-electron chi connectivity index (χ1n) is 4.18. The maximum Gasteiger partial charge on any atom is 0.134 e. The second kappa shape index (κ2) is 3.07. The van der Waals surface area contributed by atoms with Gasteiger partial charge in [-0.2, -0.15) is 0 Å². The molecule has 1 aromatic heterocycles. The summed E-state index contributed by atoms with van der Waals surface area (Å²) in [5, 5.41) is 4.11. The summed E-state index contributed by atoms with van der Waals surface area (Å²) in [7, 11) is 1.70. The summed E-state index contributed by atoms with van der Waals surface area (Å²) >= 11 is 1.66. The van der Waals surface area contributed by atoms with Crippen LogP contribution in [0.1, 0.15) is 24.4 Å². The number of methoxy groups -OCH3 is 1. The van der Waals surface area contributed by atoms with Gasteiger partial charge in [0.2, 0.25) is 0 Å². The van der Waals surface area contributed by atoms with E-state index >= 15 is 0 Å². The molecule has 1 aliphatic rings. The summed E-state index contributed by atoms with van der Waals surface area (Å²) in [6.07, 6.45) is 2.56. The van der Waals surface area contributed by atoms with Crippen LogP contribution in [0.5, 0.6) is 5.75 Å². The van der Waals surface area contributed by atoms with Crippen molar-refractivity contribution in [1.82, 2.24) is 0 Å². The molecule has 1 unspecified atom stereocenters. The minimum Gasteiger partial charge on any atom is -0.496 e. The van der Waals surface area contributed by atoms with Gasteiger partial charge in [0.1, 0.15) is 5.75 Å². The average Bonchev–Trinajstić information content (AvgIpc) is 2.82. The summed E-state index contributed by atoms with van der Waals surface area (Å²) in [6, 6.07) is 0.200. The molecule has 3 heteroatoms. The Hall–Kier alpha value is -0.540. The maximum atomic E-state index is 6.05. The third-order valence-electron chi connectivity index (χ3n) is 2.36. The van der Waals surface area contributed by atoms with E-state index in [1.54, 1.807) is 18.4 Å². The lowest BCUT2D eigenvalue weighted by Crippen LogP contribution is -2.12. The molecule has 1 saturated carbocycles. The van der Waals surface area contributed by atoms with Gasteiger partial charge in [-0.3, -0.25) is 0 Å². The zero-order chi connectivity index (χ0) is 8.55. The highest BCUT2D eigenvalue weighted by Crippen LogP contribution is 2.43. The van der Waals surface area contributed by atoms with Crippen LogP contribution in [0.4, 0.5) is 0 Å². The monoisotopic (exact) mass is 183 g/mol. The van der Waals surface area contributed by atoms with Crippen molar-refractivity contribution in [2.45, 2.75) is 18.9 Å². The topological polar surface area (TPSA) is 35.2 Å². The Labute approximate surface area is 76.3 Å². The van der Waals surface area contributed by atoms with Gasteiger partial charge in [0, 0.05) is 17.0 Å². The molecule has 0 bridgehead atoms. The number of hydrogen-bond donors (Lipinski definition) is 1. The van der Waals surface area contributed by atoms with Gasteiger partial charge in [-0.05, 0) is 24.1 Å². The van der Waals surface area contributed by atoms with E-state index in [9.17, 15) is 0 Å². The molecule has 1 atom stereocenters. The molecule has 0 aromatic carbocycles. The van der Waals surface area contributed by atoms with Crippen molar-refractivity contribution >= 4 is 11.3 Å². The Morgan fingerprint density at radius 2 is 2.33 bits per heavy atom. The van der Waals surface area contributed by atoms with Crippen molar-refractivity contribution in [1.29, 1.82) is 0 Å². The fourth-order valence-electron chi connectivity index (χ4n) is 1.41. The fourth-order valence-corrected chi connectivity index (χ4v) is 2.26.